The number of benzene rings is 1. The van der Waals surface area contributed by atoms with Gasteiger partial charge in [-0.1, -0.05) is 15.9 Å². The second-order valence-corrected chi connectivity index (χ2v) is 5.01. The molecule has 0 unspecified atom stereocenters. The molecule has 1 aromatic carbocycles. The molecular formula is C11H12BrF2NO. The van der Waals surface area contributed by atoms with Gasteiger partial charge in [0.25, 0.3) is 0 Å². The average Bonchev–Trinajstić information content (AvgIpc) is 2.13. The lowest BCUT2D eigenvalue weighted by molar-refractivity contribution is 0.0463. The van der Waals surface area contributed by atoms with Gasteiger partial charge < -0.3 is 5.11 Å². The van der Waals surface area contributed by atoms with Gasteiger partial charge in [0, 0.05) is 42.2 Å². The van der Waals surface area contributed by atoms with E-state index in [1.807, 2.05) is 4.90 Å². The molecule has 5 heteroatoms. The standard InChI is InChI=1S/C11H12BrF2NO/c12-8-1-10(13)9(11(14)2-8)5-15-3-7(4-15)6-16/h1-2,7,16H,3-6H2. The molecule has 0 saturated carbocycles. The second-order valence-electron chi connectivity index (χ2n) is 4.09. The molecule has 0 aromatic heterocycles. The lowest BCUT2D eigenvalue weighted by Gasteiger charge is -2.38. The minimum atomic E-state index is -0.528. The van der Waals surface area contributed by atoms with Crippen LogP contribution < -0.4 is 0 Å². The fourth-order valence-corrected chi connectivity index (χ4v) is 2.27. The quantitative estimate of drug-likeness (QED) is 0.922. The van der Waals surface area contributed by atoms with Gasteiger partial charge in [-0.15, -0.1) is 0 Å². The van der Waals surface area contributed by atoms with Crippen LogP contribution in [0.25, 0.3) is 0 Å². The number of halogens is 3. The second kappa shape index (κ2) is 4.77. The molecule has 88 valence electrons. The Morgan fingerprint density at radius 1 is 1.31 bits per heavy atom. The fraction of sp³-hybridized carbons (Fsp3) is 0.455. The maximum atomic E-state index is 13.5. The summed E-state index contributed by atoms with van der Waals surface area (Å²) in [5, 5.41) is 8.83. The molecule has 1 fully saturated rings. The third-order valence-corrected chi connectivity index (χ3v) is 3.24. The SMILES string of the molecule is OCC1CN(Cc2c(F)cc(Br)cc2F)C1. The van der Waals surface area contributed by atoms with E-state index in [-0.39, 0.29) is 24.6 Å². The molecule has 16 heavy (non-hydrogen) atoms. The van der Waals surface area contributed by atoms with Gasteiger partial charge in [-0.2, -0.15) is 0 Å². The van der Waals surface area contributed by atoms with E-state index in [4.69, 9.17) is 5.11 Å². The summed E-state index contributed by atoms with van der Waals surface area (Å²) in [4.78, 5) is 1.91. The Bertz CT molecular complexity index is 371. The third kappa shape index (κ3) is 2.42. The number of hydrogen-bond acceptors (Lipinski definition) is 2. The summed E-state index contributed by atoms with van der Waals surface area (Å²) in [5.41, 5.74) is 0.0968. The highest BCUT2D eigenvalue weighted by Crippen LogP contribution is 2.24. The van der Waals surface area contributed by atoms with Crippen LogP contribution in [-0.2, 0) is 6.54 Å². The first-order chi connectivity index (χ1) is 7.60. The molecule has 1 aliphatic heterocycles. The summed E-state index contributed by atoms with van der Waals surface area (Å²) in [6, 6.07) is 2.53. The van der Waals surface area contributed by atoms with E-state index < -0.39 is 11.6 Å². The first-order valence-electron chi connectivity index (χ1n) is 5.06. The lowest BCUT2D eigenvalue weighted by Crippen LogP contribution is -2.47. The summed E-state index contributed by atoms with van der Waals surface area (Å²) in [5.74, 6) is -0.805. The summed E-state index contributed by atoms with van der Waals surface area (Å²) < 4.78 is 27.3. The highest BCUT2D eigenvalue weighted by atomic mass is 79.9. The Balaban J connectivity index is 2.05. The molecule has 2 nitrogen and oxygen atoms in total. The van der Waals surface area contributed by atoms with Crippen LogP contribution >= 0.6 is 15.9 Å². The monoisotopic (exact) mass is 291 g/mol. The summed E-state index contributed by atoms with van der Waals surface area (Å²) in [6.45, 7) is 1.81. The number of likely N-dealkylation sites (tertiary alicyclic amines) is 1. The molecule has 0 spiro atoms. The number of nitrogens with zero attached hydrogens (tertiary/aromatic N) is 1. The van der Waals surface area contributed by atoms with Crippen LogP contribution in [0.4, 0.5) is 8.78 Å². The van der Waals surface area contributed by atoms with E-state index in [0.717, 1.165) is 0 Å². The van der Waals surface area contributed by atoms with Gasteiger partial charge in [0.15, 0.2) is 0 Å². The maximum Gasteiger partial charge on any atom is 0.131 e. The minimum absolute atomic E-state index is 0.0968. The first-order valence-corrected chi connectivity index (χ1v) is 5.86. The molecule has 0 amide bonds. The molecule has 1 N–H and O–H groups in total. The van der Waals surface area contributed by atoms with Crippen LogP contribution in [0.3, 0.4) is 0 Å². The number of hydrogen-bond donors (Lipinski definition) is 1. The van der Waals surface area contributed by atoms with E-state index in [2.05, 4.69) is 15.9 Å². The molecule has 1 saturated heterocycles. The average molecular weight is 292 g/mol. The Kier molecular flexibility index (Phi) is 3.56. The largest absolute Gasteiger partial charge is 0.396 e. The molecule has 1 heterocycles. The van der Waals surface area contributed by atoms with Crippen molar-refractivity contribution in [3.8, 4) is 0 Å². The van der Waals surface area contributed by atoms with Crippen molar-refractivity contribution >= 4 is 15.9 Å². The van der Waals surface area contributed by atoms with E-state index >= 15 is 0 Å². The summed E-state index contributed by atoms with van der Waals surface area (Å²) in [7, 11) is 0. The molecule has 0 atom stereocenters. The minimum Gasteiger partial charge on any atom is -0.396 e. The smallest absolute Gasteiger partial charge is 0.131 e. The molecule has 0 bridgehead atoms. The number of rotatable bonds is 3. The summed E-state index contributed by atoms with van der Waals surface area (Å²) >= 11 is 3.04. The highest BCUT2D eigenvalue weighted by molar-refractivity contribution is 9.10. The number of aliphatic hydroxyl groups excluding tert-OH is 1. The van der Waals surface area contributed by atoms with Gasteiger partial charge in [-0.25, -0.2) is 8.78 Å². The Morgan fingerprint density at radius 2 is 1.88 bits per heavy atom. The van der Waals surface area contributed by atoms with E-state index in [1.165, 1.54) is 12.1 Å². The fourth-order valence-electron chi connectivity index (χ4n) is 1.87. The van der Waals surface area contributed by atoms with Crippen molar-refractivity contribution in [3.05, 3.63) is 33.8 Å². The van der Waals surface area contributed by atoms with Gasteiger partial charge in [-0.05, 0) is 12.1 Å². The lowest BCUT2D eigenvalue weighted by atomic mass is 10.0. The Hall–Kier alpha value is -0.520. The molecule has 0 aliphatic carbocycles. The van der Waals surface area contributed by atoms with Crippen LogP contribution in [0.2, 0.25) is 0 Å². The van der Waals surface area contributed by atoms with Gasteiger partial charge in [0.1, 0.15) is 11.6 Å². The zero-order chi connectivity index (χ0) is 11.7. The van der Waals surface area contributed by atoms with Gasteiger partial charge in [-0.3, -0.25) is 4.90 Å². The van der Waals surface area contributed by atoms with Crippen LogP contribution in [0.5, 0.6) is 0 Å². The molecule has 2 rings (SSSR count). The first kappa shape index (κ1) is 12.0. The van der Waals surface area contributed by atoms with Gasteiger partial charge in [0.05, 0.1) is 0 Å². The summed E-state index contributed by atoms with van der Waals surface area (Å²) in [6.07, 6.45) is 0. The van der Waals surface area contributed by atoms with Crippen molar-refractivity contribution in [2.45, 2.75) is 6.54 Å². The molecule has 1 aliphatic rings. The topological polar surface area (TPSA) is 23.5 Å². The van der Waals surface area contributed by atoms with Crippen molar-refractivity contribution in [3.63, 3.8) is 0 Å². The van der Waals surface area contributed by atoms with Crippen LogP contribution in [0.15, 0.2) is 16.6 Å². The van der Waals surface area contributed by atoms with E-state index in [0.29, 0.717) is 17.6 Å². The van der Waals surface area contributed by atoms with E-state index in [9.17, 15) is 8.78 Å². The molecular weight excluding hydrogens is 280 g/mol. The van der Waals surface area contributed by atoms with Crippen molar-refractivity contribution in [2.75, 3.05) is 19.7 Å². The highest BCUT2D eigenvalue weighted by Gasteiger charge is 2.27. The van der Waals surface area contributed by atoms with Crippen molar-refractivity contribution in [2.24, 2.45) is 5.92 Å². The van der Waals surface area contributed by atoms with Crippen LogP contribution in [-0.4, -0.2) is 29.7 Å². The van der Waals surface area contributed by atoms with Crippen molar-refractivity contribution < 1.29 is 13.9 Å². The van der Waals surface area contributed by atoms with Gasteiger partial charge >= 0.3 is 0 Å². The number of aliphatic hydroxyl groups is 1. The van der Waals surface area contributed by atoms with Crippen LogP contribution in [0.1, 0.15) is 5.56 Å². The van der Waals surface area contributed by atoms with Crippen molar-refractivity contribution in [1.29, 1.82) is 0 Å². The normalized spacial score (nSPS) is 17.5. The predicted molar refractivity (Wildman–Crippen MR) is 59.9 cm³/mol. The predicted octanol–water partition coefficient (Wildman–Crippen LogP) is 2.15. The van der Waals surface area contributed by atoms with Crippen LogP contribution in [0, 0.1) is 17.6 Å². The zero-order valence-corrected chi connectivity index (χ0v) is 10.2. The zero-order valence-electron chi connectivity index (χ0n) is 8.59. The molecule has 1 aromatic rings. The Morgan fingerprint density at radius 3 is 2.38 bits per heavy atom. The van der Waals surface area contributed by atoms with E-state index in [1.54, 1.807) is 0 Å². The Labute approximate surface area is 101 Å². The van der Waals surface area contributed by atoms with Gasteiger partial charge in [0.2, 0.25) is 0 Å². The maximum absolute atomic E-state index is 13.5. The third-order valence-electron chi connectivity index (χ3n) is 2.78. The molecule has 0 radical (unpaired) electrons. The van der Waals surface area contributed by atoms with Crippen molar-refractivity contribution in [1.82, 2.24) is 4.90 Å².